The topological polar surface area (TPSA) is 34.1 Å². The second kappa shape index (κ2) is 6.73. The Labute approximate surface area is 124 Å². The third-order valence-corrected chi connectivity index (χ3v) is 3.14. The predicted molar refractivity (Wildman–Crippen MR) is 82.6 cm³/mol. The molecule has 0 atom stereocenters. The van der Waals surface area contributed by atoms with Crippen molar-refractivity contribution in [3.8, 4) is 11.6 Å². The average molecular weight is 291 g/mol. The molecule has 0 aliphatic carbocycles. The van der Waals surface area contributed by atoms with Gasteiger partial charge in [-0.05, 0) is 48.9 Å². The van der Waals surface area contributed by atoms with Crippen LogP contribution in [0.1, 0.15) is 31.0 Å². The number of ether oxygens (including phenoxy) is 1. The first kappa shape index (κ1) is 14.8. The number of aromatic nitrogens is 1. The van der Waals surface area contributed by atoms with Crippen LogP contribution in [0.3, 0.4) is 0 Å². The lowest BCUT2D eigenvalue weighted by Gasteiger charge is -2.12. The zero-order valence-corrected chi connectivity index (χ0v) is 12.7. The van der Waals surface area contributed by atoms with Crippen LogP contribution in [0, 0.1) is 0 Å². The Morgan fingerprint density at radius 2 is 1.90 bits per heavy atom. The minimum Gasteiger partial charge on any atom is -0.439 e. The normalized spacial score (nSPS) is 10.8. The van der Waals surface area contributed by atoms with Crippen molar-refractivity contribution in [2.24, 2.45) is 0 Å². The molecule has 2 rings (SSSR count). The molecule has 0 radical (unpaired) electrons. The highest BCUT2D eigenvalue weighted by atomic mass is 35.5. The third-order valence-electron chi connectivity index (χ3n) is 2.89. The maximum Gasteiger partial charge on any atom is 0.219 e. The van der Waals surface area contributed by atoms with Gasteiger partial charge in [0, 0.05) is 23.3 Å². The number of pyridine rings is 1. The fourth-order valence-electron chi connectivity index (χ4n) is 1.86. The van der Waals surface area contributed by atoms with E-state index in [9.17, 15) is 0 Å². The Balaban J connectivity index is 2.27. The summed E-state index contributed by atoms with van der Waals surface area (Å²) in [5.41, 5.74) is 2.19. The number of nitrogens with one attached hydrogen (secondary N) is 1. The molecular formula is C16H19ClN2O. The highest BCUT2D eigenvalue weighted by Crippen LogP contribution is 2.25. The Morgan fingerprint density at radius 1 is 1.20 bits per heavy atom. The van der Waals surface area contributed by atoms with Gasteiger partial charge in [-0.3, -0.25) is 0 Å². The van der Waals surface area contributed by atoms with Crippen molar-refractivity contribution in [2.45, 2.75) is 26.3 Å². The van der Waals surface area contributed by atoms with E-state index in [1.165, 1.54) is 0 Å². The van der Waals surface area contributed by atoms with Crippen LogP contribution in [-0.4, -0.2) is 12.0 Å². The molecule has 0 amide bonds. The molecule has 0 saturated heterocycles. The van der Waals surface area contributed by atoms with Crippen molar-refractivity contribution in [1.29, 1.82) is 0 Å². The molecule has 0 aliphatic heterocycles. The van der Waals surface area contributed by atoms with Crippen LogP contribution in [0.15, 0.2) is 36.4 Å². The second-order valence-electron chi connectivity index (χ2n) is 4.98. The first-order valence-corrected chi connectivity index (χ1v) is 7.05. The fraction of sp³-hybridized carbons (Fsp3) is 0.312. The van der Waals surface area contributed by atoms with Crippen molar-refractivity contribution in [3.05, 3.63) is 52.7 Å². The number of halogens is 1. The minimum atomic E-state index is 0.361. The number of hydrogen-bond donors (Lipinski definition) is 1. The van der Waals surface area contributed by atoms with Gasteiger partial charge in [-0.2, -0.15) is 0 Å². The van der Waals surface area contributed by atoms with E-state index in [-0.39, 0.29) is 0 Å². The van der Waals surface area contributed by atoms with Crippen LogP contribution in [0.5, 0.6) is 11.6 Å². The number of benzene rings is 1. The summed E-state index contributed by atoms with van der Waals surface area (Å²) < 4.78 is 5.81. The monoisotopic (exact) mass is 290 g/mol. The summed E-state index contributed by atoms with van der Waals surface area (Å²) in [6, 6.07) is 11.3. The summed E-state index contributed by atoms with van der Waals surface area (Å²) in [4.78, 5) is 4.55. The summed E-state index contributed by atoms with van der Waals surface area (Å²) in [7, 11) is 1.93. The van der Waals surface area contributed by atoms with Gasteiger partial charge in [-0.1, -0.05) is 25.4 Å². The Morgan fingerprint density at radius 3 is 2.50 bits per heavy atom. The Kier molecular flexibility index (Phi) is 4.99. The molecule has 1 aromatic carbocycles. The van der Waals surface area contributed by atoms with Crippen LogP contribution < -0.4 is 10.1 Å². The second-order valence-corrected chi connectivity index (χ2v) is 5.42. The van der Waals surface area contributed by atoms with Crippen molar-refractivity contribution < 1.29 is 4.74 Å². The van der Waals surface area contributed by atoms with Gasteiger partial charge >= 0.3 is 0 Å². The zero-order chi connectivity index (χ0) is 14.5. The molecule has 2 aromatic rings. The number of hydrogen-bond acceptors (Lipinski definition) is 3. The molecule has 4 heteroatoms. The lowest BCUT2D eigenvalue weighted by molar-refractivity contribution is 0.458. The number of rotatable bonds is 5. The molecule has 0 saturated carbocycles. The van der Waals surface area contributed by atoms with Crippen LogP contribution in [0.25, 0.3) is 0 Å². The molecule has 106 valence electrons. The Bertz CT molecular complexity index is 567. The number of nitrogens with zero attached hydrogens (tertiary/aromatic N) is 1. The third kappa shape index (κ3) is 3.95. The first-order valence-electron chi connectivity index (χ1n) is 6.67. The van der Waals surface area contributed by atoms with E-state index >= 15 is 0 Å². The van der Waals surface area contributed by atoms with Crippen molar-refractivity contribution in [1.82, 2.24) is 10.3 Å². The maximum atomic E-state index is 5.87. The van der Waals surface area contributed by atoms with E-state index in [0.717, 1.165) is 23.6 Å². The van der Waals surface area contributed by atoms with Crippen LogP contribution in [0.2, 0.25) is 5.02 Å². The van der Waals surface area contributed by atoms with Crippen molar-refractivity contribution >= 4 is 11.6 Å². The molecule has 0 unspecified atom stereocenters. The summed E-state index contributed by atoms with van der Waals surface area (Å²) in [6.45, 7) is 5.04. The molecule has 0 bridgehead atoms. The lowest BCUT2D eigenvalue weighted by Crippen LogP contribution is -2.07. The van der Waals surface area contributed by atoms with Crippen molar-refractivity contribution in [2.75, 3.05) is 7.05 Å². The highest BCUT2D eigenvalue weighted by Gasteiger charge is 2.08. The molecule has 1 aromatic heterocycles. The molecule has 1 heterocycles. The van der Waals surface area contributed by atoms with Gasteiger partial charge in [0.1, 0.15) is 5.75 Å². The SMILES string of the molecule is CNCc1cc(Oc2ccc(Cl)cc2)nc(C(C)C)c1. The molecule has 1 N–H and O–H groups in total. The largest absolute Gasteiger partial charge is 0.439 e. The zero-order valence-electron chi connectivity index (χ0n) is 12.0. The molecule has 0 spiro atoms. The summed E-state index contributed by atoms with van der Waals surface area (Å²) >= 11 is 5.87. The maximum absolute atomic E-state index is 5.87. The highest BCUT2D eigenvalue weighted by molar-refractivity contribution is 6.30. The van der Waals surface area contributed by atoms with Crippen molar-refractivity contribution in [3.63, 3.8) is 0 Å². The van der Waals surface area contributed by atoms with Gasteiger partial charge in [0.2, 0.25) is 5.88 Å². The molecule has 3 nitrogen and oxygen atoms in total. The minimum absolute atomic E-state index is 0.361. The average Bonchev–Trinajstić information content (AvgIpc) is 2.41. The van der Waals surface area contributed by atoms with E-state index < -0.39 is 0 Å². The molecule has 0 fully saturated rings. The fourth-order valence-corrected chi connectivity index (χ4v) is 1.99. The van der Waals surface area contributed by atoms with Gasteiger partial charge in [0.15, 0.2) is 0 Å². The van der Waals surface area contributed by atoms with E-state index in [0.29, 0.717) is 16.8 Å². The lowest BCUT2D eigenvalue weighted by atomic mass is 10.1. The quantitative estimate of drug-likeness (QED) is 0.888. The van der Waals surface area contributed by atoms with E-state index in [2.05, 4.69) is 30.2 Å². The van der Waals surface area contributed by atoms with E-state index in [1.54, 1.807) is 12.1 Å². The van der Waals surface area contributed by atoms with Gasteiger partial charge < -0.3 is 10.1 Å². The predicted octanol–water partition coefficient (Wildman–Crippen LogP) is 4.37. The molecular weight excluding hydrogens is 272 g/mol. The summed E-state index contributed by atoms with van der Waals surface area (Å²) in [6.07, 6.45) is 0. The standard InChI is InChI=1S/C16H19ClN2O/c1-11(2)15-8-12(10-18-3)9-16(19-15)20-14-6-4-13(17)5-7-14/h4-9,11,18H,10H2,1-3H3. The van der Waals surface area contributed by atoms with Crippen LogP contribution in [0.4, 0.5) is 0 Å². The summed E-state index contributed by atoms with van der Waals surface area (Å²) in [5, 5.41) is 3.84. The van der Waals surface area contributed by atoms with Gasteiger partial charge in [-0.25, -0.2) is 4.98 Å². The van der Waals surface area contributed by atoms with Gasteiger partial charge in [0.25, 0.3) is 0 Å². The smallest absolute Gasteiger partial charge is 0.219 e. The van der Waals surface area contributed by atoms with E-state index in [4.69, 9.17) is 16.3 Å². The van der Waals surface area contributed by atoms with E-state index in [1.807, 2.05) is 25.2 Å². The van der Waals surface area contributed by atoms with Gasteiger partial charge in [0.05, 0.1) is 0 Å². The van der Waals surface area contributed by atoms with Crippen LogP contribution in [-0.2, 0) is 6.54 Å². The van der Waals surface area contributed by atoms with Crippen LogP contribution >= 0.6 is 11.6 Å². The molecule has 20 heavy (non-hydrogen) atoms. The summed E-state index contributed by atoms with van der Waals surface area (Å²) in [5.74, 6) is 1.71. The Hall–Kier alpha value is -1.58. The first-order chi connectivity index (χ1) is 9.58. The van der Waals surface area contributed by atoms with Gasteiger partial charge in [-0.15, -0.1) is 0 Å². The molecule has 0 aliphatic rings.